The van der Waals surface area contributed by atoms with Crippen LogP contribution in [0.3, 0.4) is 0 Å². The maximum atomic E-state index is 3.40. The number of rotatable bonds is 4. The van der Waals surface area contributed by atoms with Crippen molar-refractivity contribution in [2.75, 3.05) is 7.05 Å². The van der Waals surface area contributed by atoms with Crippen molar-refractivity contribution < 1.29 is 0 Å². The Morgan fingerprint density at radius 1 is 0.789 bits per heavy atom. The summed E-state index contributed by atoms with van der Waals surface area (Å²) in [7, 11) is 2.01. The zero-order chi connectivity index (χ0) is 13.8. The second kappa shape index (κ2) is 6.53. The molecule has 0 amide bonds. The Labute approximate surface area is 129 Å². The standard InChI is InChI=1S/C17H20IN/c1-12(2)13-4-6-14(7-5-13)17(19-3)15-8-10-16(18)11-9-15/h4-12,17,19H,1-3H3. The van der Waals surface area contributed by atoms with Crippen LogP contribution in [0, 0.1) is 3.57 Å². The number of halogens is 1. The lowest BCUT2D eigenvalue weighted by molar-refractivity contribution is 0.690. The molecule has 1 unspecified atom stereocenters. The first-order valence-electron chi connectivity index (χ1n) is 6.64. The van der Waals surface area contributed by atoms with Crippen LogP contribution in [0.4, 0.5) is 0 Å². The van der Waals surface area contributed by atoms with Gasteiger partial charge in [-0.1, -0.05) is 50.2 Å². The molecule has 0 aliphatic rings. The van der Waals surface area contributed by atoms with Gasteiger partial charge in [-0.05, 0) is 64.4 Å². The lowest BCUT2D eigenvalue weighted by atomic mass is 9.95. The maximum Gasteiger partial charge on any atom is 0.0574 e. The van der Waals surface area contributed by atoms with E-state index >= 15 is 0 Å². The van der Waals surface area contributed by atoms with E-state index in [1.165, 1.54) is 20.3 Å². The molecular formula is C17H20IN. The number of nitrogens with one attached hydrogen (secondary N) is 1. The summed E-state index contributed by atoms with van der Waals surface area (Å²) in [5.41, 5.74) is 4.01. The Bertz CT molecular complexity index is 514. The fourth-order valence-corrected chi connectivity index (χ4v) is 2.61. The van der Waals surface area contributed by atoms with Crippen molar-refractivity contribution in [3.63, 3.8) is 0 Å². The Balaban J connectivity index is 2.28. The largest absolute Gasteiger partial charge is 0.309 e. The zero-order valence-corrected chi connectivity index (χ0v) is 13.8. The normalized spacial score (nSPS) is 12.7. The highest BCUT2D eigenvalue weighted by Crippen LogP contribution is 2.24. The SMILES string of the molecule is CNC(c1ccc(I)cc1)c1ccc(C(C)C)cc1. The molecule has 2 aromatic carbocycles. The Morgan fingerprint density at radius 2 is 1.21 bits per heavy atom. The minimum absolute atomic E-state index is 0.262. The van der Waals surface area contributed by atoms with Gasteiger partial charge in [-0.15, -0.1) is 0 Å². The zero-order valence-electron chi connectivity index (χ0n) is 11.7. The van der Waals surface area contributed by atoms with Crippen LogP contribution in [0.2, 0.25) is 0 Å². The van der Waals surface area contributed by atoms with Crippen molar-refractivity contribution >= 4 is 22.6 Å². The van der Waals surface area contributed by atoms with Gasteiger partial charge in [0, 0.05) is 3.57 Å². The average Bonchev–Trinajstić information content (AvgIpc) is 2.42. The molecule has 0 heterocycles. The van der Waals surface area contributed by atoms with Gasteiger partial charge < -0.3 is 5.32 Å². The van der Waals surface area contributed by atoms with Gasteiger partial charge in [0.2, 0.25) is 0 Å². The van der Waals surface area contributed by atoms with Gasteiger partial charge in [-0.25, -0.2) is 0 Å². The molecule has 1 atom stereocenters. The second-order valence-corrected chi connectivity index (χ2v) is 6.34. The third kappa shape index (κ3) is 3.57. The van der Waals surface area contributed by atoms with Crippen molar-refractivity contribution in [2.24, 2.45) is 0 Å². The number of benzene rings is 2. The summed E-state index contributed by atoms with van der Waals surface area (Å²) in [6, 6.07) is 17.9. The average molecular weight is 365 g/mol. The molecular weight excluding hydrogens is 345 g/mol. The van der Waals surface area contributed by atoms with Crippen molar-refractivity contribution in [1.82, 2.24) is 5.32 Å². The highest BCUT2D eigenvalue weighted by Gasteiger charge is 2.11. The first-order valence-corrected chi connectivity index (χ1v) is 7.72. The highest BCUT2D eigenvalue weighted by atomic mass is 127. The molecule has 1 N–H and O–H groups in total. The molecule has 0 aliphatic heterocycles. The van der Waals surface area contributed by atoms with E-state index < -0.39 is 0 Å². The molecule has 0 aromatic heterocycles. The van der Waals surface area contributed by atoms with Gasteiger partial charge >= 0.3 is 0 Å². The predicted molar refractivity (Wildman–Crippen MR) is 90.6 cm³/mol. The first kappa shape index (κ1) is 14.5. The number of hydrogen-bond donors (Lipinski definition) is 1. The Morgan fingerprint density at radius 3 is 1.63 bits per heavy atom. The Hall–Kier alpha value is -0.870. The van der Waals surface area contributed by atoms with Crippen molar-refractivity contribution in [3.05, 3.63) is 68.8 Å². The molecule has 0 bridgehead atoms. The van der Waals surface area contributed by atoms with Gasteiger partial charge in [0.1, 0.15) is 0 Å². The fourth-order valence-electron chi connectivity index (χ4n) is 2.25. The summed E-state index contributed by atoms with van der Waals surface area (Å²) in [6.45, 7) is 4.45. The van der Waals surface area contributed by atoms with E-state index in [0.717, 1.165) is 0 Å². The molecule has 2 aromatic rings. The molecule has 2 heteroatoms. The molecule has 0 fully saturated rings. The molecule has 0 saturated heterocycles. The summed E-state index contributed by atoms with van der Waals surface area (Å²) in [4.78, 5) is 0. The van der Waals surface area contributed by atoms with Gasteiger partial charge in [-0.2, -0.15) is 0 Å². The summed E-state index contributed by atoms with van der Waals surface area (Å²) in [6.07, 6.45) is 0. The van der Waals surface area contributed by atoms with Crippen molar-refractivity contribution in [3.8, 4) is 0 Å². The first-order chi connectivity index (χ1) is 9.11. The molecule has 100 valence electrons. The summed E-state index contributed by atoms with van der Waals surface area (Å²) < 4.78 is 1.27. The summed E-state index contributed by atoms with van der Waals surface area (Å²) in [5.74, 6) is 0.584. The third-order valence-electron chi connectivity index (χ3n) is 3.43. The maximum absolute atomic E-state index is 3.40. The van der Waals surface area contributed by atoms with E-state index in [1.54, 1.807) is 0 Å². The van der Waals surface area contributed by atoms with E-state index in [9.17, 15) is 0 Å². The minimum Gasteiger partial charge on any atom is -0.309 e. The smallest absolute Gasteiger partial charge is 0.0574 e. The molecule has 1 nitrogen and oxygen atoms in total. The van der Waals surface area contributed by atoms with Gasteiger partial charge in [-0.3, -0.25) is 0 Å². The van der Waals surface area contributed by atoms with E-state index in [4.69, 9.17) is 0 Å². The lowest BCUT2D eigenvalue weighted by Gasteiger charge is -2.18. The summed E-state index contributed by atoms with van der Waals surface area (Å²) >= 11 is 2.34. The summed E-state index contributed by atoms with van der Waals surface area (Å²) in [5, 5.41) is 3.40. The molecule has 0 aliphatic carbocycles. The van der Waals surface area contributed by atoms with Crippen LogP contribution in [0.5, 0.6) is 0 Å². The quantitative estimate of drug-likeness (QED) is 0.773. The molecule has 2 rings (SSSR count). The van der Waals surface area contributed by atoms with Gasteiger partial charge in [0.25, 0.3) is 0 Å². The predicted octanol–water partition coefficient (Wildman–Crippen LogP) is 4.72. The van der Waals surface area contributed by atoms with Crippen LogP contribution >= 0.6 is 22.6 Å². The second-order valence-electron chi connectivity index (χ2n) is 5.09. The van der Waals surface area contributed by atoms with Crippen LogP contribution in [-0.4, -0.2) is 7.05 Å². The molecule has 0 spiro atoms. The van der Waals surface area contributed by atoms with E-state index in [2.05, 4.69) is 90.3 Å². The lowest BCUT2D eigenvalue weighted by Crippen LogP contribution is -2.17. The Kier molecular flexibility index (Phi) is 4.99. The monoisotopic (exact) mass is 365 g/mol. The third-order valence-corrected chi connectivity index (χ3v) is 4.15. The van der Waals surface area contributed by atoms with Crippen LogP contribution in [0.1, 0.15) is 42.5 Å². The minimum atomic E-state index is 0.262. The van der Waals surface area contributed by atoms with Crippen molar-refractivity contribution in [2.45, 2.75) is 25.8 Å². The topological polar surface area (TPSA) is 12.0 Å². The van der Waals surface area contributed by atoms with Gasteiger partial charge in [0.15, 0.2) is 0 Å². The fraction of sp³-hybridized carbons (Fsp3) is 0.294. The van der Waals surface area contributed by atoms with E-state index in [-0.39, 0.29) is 6.04 Å². The molecule has 0 saturated carbocycles. The van der Waals surface area contributed by atoms with E-state index in [0.29, 0.717) is 5.92 Å². The van der Waals surface area contributed by atoms with E-state index in [1.807, 2.05) is 7.05 Å². The molecule has 0 radical (unpaired) electrons. The van der Waals surface area contributed by atoms with Gasteiger partial charge in [0.05, 0.1) is 6.04 Å². The van der Waals surface area contributed by atoms with Crippen LogP contribution in [0.25, 0.3) is 0 Å². The van der Waals surface area contributed by atoms with Crippen LogP contribution < -0.4 is 5.32 Å². The number of hydrogen-bond acceptors (Lipinski definition) is 1. The van der Waals surface area contributed by atoms with Crippen LogP contribution in [0.15, 0.2) is 48.5 Å². The van der Waals surface area contributed by atoms with Crippen molar-refractivity contribution in [1.29, 1.82) is 0 Å². The highest BCUT2D eigenvalue weighted by molar-refractivity contribution is 14.1. The molecule has 19 heavy (non-hydrogen) atoms. The van der Waals surface area contributed by atoms with Crippen LogP contribution in [-0.2, 0) is 0 Å².